The van der Waals surface area contributed by atoms with E-state index < -0.39 is 0 Å². The van der Waals surface area contributed by atoms with Crippen molar-refractivity contribution >= 4 is 0 Å². The second kappa shape index (κ2) is 6.12. The minimum Gasteiger partial charge on any atom is -0.0841 e. The van der Waals surface area contributed by atoms with Gasteiger partial charge in [-0.25, -0.2) is 0 Å². The van der Waals surface area contributed by atoms with Crippen LogP contribution in [0, 0.1) is 45.3 Å². The SMILES string of the molecule is C.CC1CCC23C(=CCC24C2CCC(CCCC(C)(C)C)C2(C)CCC34)C1. The molecular formula is C27H46. The maximum Gasteiger partial charge on any atom is 0.00113 e. The Morgan fingerprint density at radius 3 is 2.56 bits per heavy atom. The maximum absolute atomic E-state index is 2.75. The molecule has 0 aromatic heterocycles. The minimum atomic E-state index is 0. The molecule has 0 saturated heterocycles. The number of hydrogen-bond acceptors (Lipinski definition) is 0. The van der Waals surface area contributed by atoms with Crippen molar-refractivity contribution in [2.45, 2.75) is 113 Å². The third kappa shape index (κ3) is 2.46. The van der Waals surface area contributed by atoms with Crippen LogP contribution in [-0.2, 0) is 0 Å². The van der Waals surface area contributed by atoms with Crippen molar-refractivity contribution < 1.29 is 0 Å². The van der Waals surface area contributed by atoms with Gasteiger partial charge in [0.05, 0.1) is 0 Å². The van der Waals surface area contributed by atoms with E-state index in [-0.39, 0.29) is 7.43 Å². The van der Waals surface area contributed by atoms with E-state index in [1.807, 2.05) is 5.57 Å². The van der Waals surface area contributed by atoms with Gasteiger partial charge in [-0.2, -0.15) is 0 Å². The molecule has 0 amide bonds. The van der Waals surface area contributed by atoms with Crippen molar-refractivity contribution in [1.82, 2.24) is 0 Å². The van der Waals surface area contributed by atoms with E-state index >= 15 is 0 Å². The lowest BCUT2D eigenvalue weighted by molar-refractivity contribution is 0.0321. The van der Waals surface area contributed by atoms with Gasteiger partial charge in [0.2, 0.25) is 0 Å². The molecular weight excluding hydrogens is 324 g/mol. The summed E-state index contributed by atoms with van der Waals surface area (Å²) in [4.78, 5) is 0. The van der Waals surface area contributed by atoms with E-state index in [1.165, 1.54) is 38.5 Å². The van der Waals surface area contributed by atoms with Crippen molar-refractivity contribution in [3.8, 4) is 0 Å². The van der Waals surface area contributed by atoms with Gasteiger partial charge in [0.1, 0.15) is 0 Å². The lowest BCUT2D eigenvalue weighted by Crippen LogP contribution is -2.39. The molecule has 0 radical (unpaired) electrons. The highest BCUT2D eigenvalue weighted by molar-refractivity contribution is 5.46. The Bertz CT molecular complexity index is 620. The molecule has 5 rings (SSSR count). The Kier molecular flexibility index (Phi) is 4.54. The van der Waals surface area contributed by atoms with Crippen molar-refractivity contribution in [2.24, 2.45) is 45.3 Å². The fourth-order valence-electron chi connectivity index (χ4n) is 9.37. The standard InChI is InChI=1S/C26H42.CH4/c1-18-10-15-25-20(17-18)11-16-26(25)21-9-8-19(7-6-13-23(2,3)4)24(21,5)14-12-22(25)26;/h11,18-19,21-22H,6-10,12-17H2,1-5H3;1H4. The minimum absolute atomic E-state index is 0. The molecule has 0 nitrogen and oxygen atoms in total. The summed E-state index contributed by atoms with van der Waals surface area (Å²) in [5.74, 6) is 4.11. The van der Waals surface area contributed by atoms with Crippen molar-refractivity contribution in [3.05, 3.63) is 11.6 Å². The summed E-state index contributed by atoms with van der Waals surface area (Å²) in [7, 11) is 0. The molecule has 5 aliphatic rings. The van der Waals surface area contributed by atoms with Crippen LogP contribution in [-0.4, -0.2) is 0 Å². The van der Waals surface area contributed by atoms with Gasteiger partial charge in [-0.15, -0.1) is 0 Å². The van der Waals surface area contributed by atoms with Crippen LogP contribution in [0.1, 0.15) is 113 Å². The second-order valence-electron chi connectivity index (χ2n) is 12.7. The van der Waals surface area contributed by atoms with Crippen LogP contribution >= 0.6 is 0 Å². The van der Waals surface area contributed by atoms with Crippen molar-refractivity contribution in [3.63, 3.8) is 0 Å². The Labute approximate surface area is 170 Å². The molecule has 7 atom stereocenters. The highest BCUT2D eigenvalue weighted by Crippen LogP contribution is 2.90. The van der Waals surface area contributed by atoms with Gasteiger partial charge < -0.3 is 0 Å². The lowest BCUT2D eigenvalue weighted by Gasteiger charge is -2.45. The van der Waals surface area contributed by atoms with Crippen molar-refractivity contribution in [2.75, 3.05) is 0 Å². The summed E-state index contributed by atoms with van der Waals surface area (Å²) < 4.78 is 0. The maximum atomic E-state index is 2.75. The normalized spacial score (nSPS) is 50.0. The van der Waals surface area contributed by atoms with Gasteiger partial charge in [-0.3, -0.25) is 0 Å². The van der Waals surface area contributed by atoms with Crippen LogP contribution in [0.4, 0.5) is 0 Å². The van der Waals surface area contributed by atoms with Gasteiger partial charge in [0.15, 0.2) is 0 Å². The van der Waals surface area contributed by atoms with Gasteiger partial charge in [0.25, 0.3) is 0 Å². The summed E-state index contributed by atoms with van der Waals surface area (Å²) in [6.45, 7) is 12.5. The van der Waals surface area contributed by atoms with Crippen molar-refractivity contribution in [1.29, 1.82) is 0 Å². The van der Waals surface area contributed by atoms with Gasteiger partial charge in [-0.1, -0.05) is 60.1 Å². The number of rotatable bonds is 3. The third-order valence-corrected chi connectivity index (χ3v) is 10.4. The smallest absolute Gasteiger partial charge is 0.00113 e. The second-order valence-corrected chi connectivity index (χ2v) is 12.7. The summed E-state index contributed by atoms with van der Waals surface area (Å²) in [5.41, 5.74) is 4.58. The fourth-order valence-corrected chi connectivity index (χ4v) is 9.37. The molecule has 7 unspecified atom stereocenters. The molecule has 0 heteroatoms. The summed E-state index contributed by atoms with van der Waals surface area (Å²) >= 11 is 0. The zero-order valence-electron chi connectivity index (χ0n) is 18.2. The Hall–Kier alpha value is -0.260. The highest BCUT2D eigenvalue weighted by atomic mass is 14.9. The molecule has 5 aliphatic carbocycles. The molecule has 4 fully saturated rings. The summed E-state index contributed by atoms with van der Waals surface area (Å²) in [5, 5.41) is 0. The highest BCUT2D eigenvalue weighted by Gasteiger charge is 2.84. The Morgan fingerprint density at radius 1 is 1.04 bits per heavy atom. The van der Waals surface area contributed by atoms with Crippen LogP contribution in [0.3, 0.4) is 0 Å². The zero-order valence-corrected chi connectivity index (χ0v) is 18.2. The van der Waals surface area contributed by atoms with Crippen LogP contribution < -0.4 is 0 Å². The van der Waals surface area contributed by atoms with Crippen LogP contribution in [0.2, 0.25) is 0 Å². The molecule has 0 heterocycles. The van der Waals surface area contributed by atoms with Crippen LogP contribution in [0.15, 0.2) is 11.6 Å². The predicted molar refractivity (Wildman–Crippen MR) is 118 cm³/mol. The molecule has 4 saturated carbocycles. The van der Waals surface area contributed by atoms with E-state index in [4.69, 9.17) is 0 Å². The Morgan fingerprint density at radius 2 is 1.81 bits per heavy atom. The first-order chi connectivity index (χ1) is 12.2. The van der Waals surface area contributed by atoms with E-state index in [2.05, 4.69) is 40.7 Å². The number of allylic oxidation sites excluding steroid dienone is 2. The van der Waals surface area contributed by atoms with Gasteiger partial charge in [-0.05, 0) is 104 Å². The third-order valence-electron chi connectivity index (χ3n) is 10.4. The van der Waals surface area contributed by atoms with Gasteiger partial charge in [0, 0.05) is 5.41 Å². The molecule has 0 bridgehead atoms. The average molecular weight is 371 g/mol. The number of fused-ring (bicyclic) bond motifs is 1. The number of hydrogen-bond donors (Lipinski definition) is 0. The summed E-state index contributed by atoms with van der Waals surface area (Å²) in [6, 6.07) is 0. The summed E-state index contributed by atoms with van der Waals surface area (Å²) in [6.07, 6.45) is 19.3. The lowest BCUT2D eigenvalue weighted by atomic mass is 9.59. The van der Waals surface area contributed by atoms with Gasteiger partial charge >= 0.3 is 0 Å². The molecule has 154 valence electrons. The van der Waals surface area contributed by atoms with E-state index in [1.54, 1.807) is 32.1 Å². The average Bonchev–Trinajstić information content (AvgIpc) is 2.80. The first-order valence-corrected chi connectivity index (χ1v) is 11.9. The quantitative estimate of drug-likeness (QED) is 0.437. The molecule has 0 aromatic carbocycles. The van der Waals surface area contributed by atoms with E-state index in [0.717, 1.165) is 29.1 Å². The van der Waals surface area contributed by atoms with Crippen LogP contribution in [0.25, 0.3) is 0 Å². The molecule has 0 aliphatic heterocycles. The molecule has 0 N–H and O–H groups in total. The van der Waals surface area contributed by atoms with E-state index in [9.17, 15) is 0 Å². The van der Waals surface area contributed by atoms with E-state index in [0.29, 0.717) is 16.2 Å². The molecule has 2 spiro atoms. The van der Waals surface area contributed by atoms with Crippen LogP contribution in [0.5, 0.6) is 0 Å². The first-order valence-electron chi connectivity index (χ1n) is 11.9. The first kappa shape index (κ1) is 20.0. The fraction of sp³-hybridized carbons (Fsp3) is 0.926. The zero-order chi connectivity index (χ0) is 18.4. The monoisotopic (exact) mass is 370 g/mol. The predicted octanol–water partition coefficient (Wildman–Crippen LogP) is 8.42. The molecule has 27 heavy (non-hydrogen) atoms. The topological polar surface area (TPSA) is 0 Å². The largest absolute Gasteiger partial charge is 0.0841 e. The molecule has 0 aromatic rings. The Balaban J connectivity index is 0.00000180.